The van der Waals surface area contributed by atoms with E-state index < -0.39 is 11.2 Å². The molecule has 1 atom stereocenters. The van der Waals surface area contributed by atoms with Gasteiger partial charge in [-0.2, -0.15) is 5.26 Å². The number of nitriles is 1. The Morgan fingerprint density at radius 2 is 2.12 bits per heavy atom. The summed E-state index contributed by atoms with van der Waals surface area (Å²) >= 11 is 0. The molecule has 6 nitrogen and oxygen atoms in total. The fraction of sp³-hybridized carbons (Fsp3) is 0.474. The van der Waals surface area contributed by atoms with Gasteiger partial charge < -0.3 is 0 Å². The number of hydrogen-bond donors (Lipinski definition) is 1. The normalized spacial score (nSPS) is 16.8. The topological polar surface area (TPSA) is 95.7 Å². The van der Waals surface area contributed by atoms with Gasteiger partial charge in [0, 0.05) is 23.3 Å². The molecule has 1 aliphatic carbocycles. The number of ketones is 1. The number of unbranched alkanes of at least 4 members (excludes halogenated alkanes) is 1. The van der Waals surface area contributed by atoms with Crippen LogP contribution >= 0.6 is 0 Å². The van der Waals surface area contributed by atoms with Gasteiger partial charge in [0.1, 0.15) is 5.69 Å². The molecule has 132 valence electrons. The van der Waals surface area contributed by atoms with Gasteiger partial charge in [0.05, 0.1) is 6.07 Å². The van der Waals surface area contributed by atoms with Crippen LogP contribution < -0.4 is 11.2 Å². The zero-order valence-corrected chi connectivity index (χ0v) is 14.9. The van der Waals surface area contributed by atoms with E-state index in [0.29, 0.717) is 36.1 Å². The summed E-state index contributed by atoms with van der Waals surface area (Å²) in [5, 5.41) is 9.17. The van der Waals surface area contributed by atoms with E-state index in [4.69, 9.17) is 0 Å². The maximum atomic E-state index is 13.1. The minimum atomic E-state index is -0.562. The van der Waals surface area contributed by atoms with Gasteiger partial charge in [-0.05, 0) is 31.3 Å². The zero-order chi connectivity index (χ0) is 18.6. The summed E-state index contributed by atoms with van der Waals surface area (Å²) in [5.41, 5.74) is 0.291. The number of nitrogens with zero attached hydrogens (tertiary/aromatic N) is 2. The van der Waals surface area contributed by atoms with Crippen molar-refractivity contribution in [2.24, 2.45) is 5.92 Å². The van der Waals surface area contributed by atoms with Crippen LogP contribution in [0, 0.1) is 17.2 Å². The average molecular weight is 341 g/mol. The molecule has 0 aliphatic heterocycles. The average Bonchev–Trinajstić information content (AvgIpc) is 2.59. The lowest BCUT2D eigenvalue weighted by Crippen LogP contribution is -2.37. The smallest absolute Gasteiger partial charge is 0.290 e. The number of Topliss-reactive ketones (excluding diaryl/α,β-unsaturated/α-hetero) is 1. The molecular weight excluding hydrogens is 318 g/mol. The standard InChI is InChI=1S/C19H23N3O3/c1-4-6-7-22-16(15(5-2)18(24)21-19(22)25)17(23)14-9-12(3)8-13(10-14)11-20/h9-10,12H,4-8H2,1-3H3,(H,21,24,25). The zero-order valence-electron chi connectivity index (χ0n) is 14.9. The van der Waals surface area contributed by atoms with Gasteiger partial charge in [0.15, 0.2) is 0 Å². The van der Waals surface area contributed by atoms with Gasteiger partial charge in [-0.15, -0.1) is 0 Å². The van der Waals surface area contributed by atoms with Gasteiger partial charge in [-0.3, -0.25) is 19.1 Å². The van der Waals surface area contributed by atoms with Crippen LogP contribution in [0.4, 0.5) is 0 Å². The third kappa shape index (κ3) is 3.87. The van der Waals surface area contributed by atoms with Crippen LogP contribution in [-0.4, -0.2) is 15.3 Å². The second kappa shape index (κ2) is 7.93. The number of hydrogen-bond acceptors (Lipinski definition) is 4. The van der Waals surface area contributed by atoms with Gasteiger partial charge in [-0.1, -0.05) is 33.3 Å². The lowest BCUT2D eigenvalue weighted by Gasteiger charge is -2.18. The molecule has 6 heteroatoms. The first-order chi connectivity index (χ1) is 11.9. The van der Waals surface area contributed by atoms with E-state index in [9.17, 15) is 19.6 Å². The van der Waals surface area contributed by atoms with Crippen molar-refractivity contribution in [1.82, 2.24) is 9.55 Å². The molecule has 1 N–H and O–H groups in total. The Bertz CT molecular complexity index is 894. The lowest BCUT2D eigenvalue weighted by molar-refractivity contribution is 0.102. The maximum absolute atomic E-state index is 13.1. The van der Waals surface area contributed by atoms with Crippen LogP contribution in [0.15, 0.2) is 32.9 Å². The SMILES string of the molecule is CCCCn1c(C(=O)C2=CC(C)CC(C#N)=C2)c(CC)c(=O)[nH]c1=O. The van der Waals surface area contributed by atoms with E-state index in [0.717, 1.165) is 12.8 Å². The first-order valence-corrected chi connectivity index (χ1v) is 8.66. The largest absolute Gasteiger partial charge is 0.328 e. The highest BCUT2D eigenvalue weighted by Crippen LogP contribution is 2.24. The Kier molecular flexibility index (Phi) is 5.92. The van der Waals surface area contributed by atoms with Gasteiger partial charge >= 0.3 is 5.69 Å². The molecule has 0 saturated heterocycles. The number of aromatic nitrogens is 2. The predicted molar refractivity (Wildman–Crippen MR) is 95.5 cm³/mol. The van der Waals surface area contributed by atoms with Crippen LogP contribution in [-0.2, 0) is 13.0 Å². The van der Waals surface area contributed by atoms with E-state index in [1.165, 1.54) is 4.57 Å². The number of nitrogens with one attached hydrogen (secondary N) is 1. The number of aromatic amines is 1. The Morgan fingerprint density at radius 1 is 1.40 bits per heavy atom. The van der Waals surface area contributed by atoms with Crippen molar-refractivity contribution in [3.63, 3.8) is 0 Å². The monoisotopic (exact) mass is 341 g/mol. The highest BCUT2D eigenvalue weighted by atomic mass is 16.2. The molecule has 0 radical (unpaired) electrons. The Morgan fingerprint density at radius 3 is 2.72 bits per heavy atom. The summed E-state index contributed by atoms with van der Waals surface area (Å²) in [4.78, 5) is 39.9. The third-order valence-corrected chi connectivity index (χ3v) is 4.34. The molecule has 1 aromatic heterocycles. The van der Waals surface area contributed by atoms with Crippen molar-refractivity contribution >= 4 is 5.78 Å². The number of carbonyl (C=O) groups is 1. The van der Waals surface area contributed by atoms with Crippen LogP contribution in [0.5, 0.6) is 0 Å². The second-order valence-electron chi connectivity index (χ2n) is 6.36. The van der Waals surface area contributed by atoms with Gasteiger partial charge in [0.2, 0.25) is 5.78 Å². The molecule has 0 amide bonds. The lowest BCUT2D eigenvalue weighted by atomic mass is 9.89. The first kappa shape index (κ1) is 18.7. The second-order valence-corrected chi connectivity index (χ2v) is 6.36. The van der Waals surface area contributed by atoms with Crippen molar-refractivity contribution in [3.05, 3.63) is 55.4 Å². The van der Waals surface area contributed by atoms with E-state index in [1.807, 2.05) is 13.8 Å². The highest BCUT2D eigenvalue weighted by Gasteiger charge is 2.24. The van der Waals surface area contributed by atoms with Gasteiger partial charge in [0.25, 0.3) is 5.56 Å². The summed E-state index contributed by atoms with van der Waals surface area (Å²) in [6.45, 7) is 6.08. The summed E-state index contributed by atoms with van der Waals surface area (Å²) in [6.07, 6.45) is 5.89. The molecule has 1 aliphatic rings. The molecule has 0 fully saturated rings. The molecule has 1 aromatic rings. The van der Waals surface area contributed by atoms with Crippen LogP contribution in [0.2, 0.25) is 0 Å². The van der Waals surface area contributed by atoms with Crippen LogP contribution in [0.25, 0.3) is 0 Å². The quantitative estimate of drug-likeness (QED) is 0.804. The van der Waals surface area contributed by atoms with E-state index in [1.54, 1.807) is 19.1 Å². The maximum Gasteiger partial charge on any atom is 0.328 e. The number of rotatable bonds is 6. The van der Waals surface area contributed by atoms with Crippen molar-refractivity contribution in [2.75, 3.05) is 0 Å². The molecule has 0 spiro atoms. The fourth-order valence-electron chi connectivity index (χ4n) is 3.09. The highest BCUT2D eigenvalue weighted by molar-refractivity contribution is 6.10. The molecule has 1 unspecified atom stereocenters. The molecule has 0 aromatic carbocycles. The predicted octanol–water partition coefficient (Wildman–Crippen LogP) is 2.50. The fourth-order valence-corrected chi connectivity index (χ4v) is 3.09. The van der Waals surface area contributed by atoms with Crippen molar-refractivity contribution in [2.45, 2.75) is 53.0 Å². The number of H-pyrrole nitrogens is 1. The summed E-state index contributed by atoms with van der Waals surface area (Å²) in [7, 11) is 0. The first-order valence-electron chi connectivity index (χ1n) is 8.66. The Hall–Kier alpha value is -2.68. The van der Waals surface area contributed by atoms with E-state index >= 15 is 0 Å². The Balaban J connectivity index is 2.66. The van der Waals surface area contributed by atoms with E-state index in [2.05, 4.69) is 11.1 Å². The van der Waals surface area contributed by atoms with Crippen molar-refractivity contribution in [1.29, 1.82) is 5.26 Å². The molecule has 0 saturated carbocycles. The molecule has 25 heavy (non-hydrogen) atoms. The van der Waals surface area contributed by atoms with Crippen molar-refractivity contribution < 1.29 is 4.79 Å². The number of carbonyl (C=O) groups excluding carboxylic acids is 1. The molecular formula is C19H23N3O3. The summed E-state index contributed by atoms with van der Waals surface area (Å²) in [6, 6.07) is 2.10. The third-order valence-electron chi connectivity index (χ3n) is 4.34. The molecule has 1 heterocycles. The van der Waals surface area contributed by atoms with Crippen molar-refractivity contribution in [3.8, 4) is 6.07 Å². The van der Waals surface area contributed by atoms with Crippen LogP contribution in [0.3, 0.4) is 0 Å². The van der Waals surface area contributed by atoms with Gasteiger partial charge in [-0.25, -0.2) is 4.79 Å². The molecule has 0 bridgehead atoms. The molecule has 2 rings (SSSR count). The number of allylic oxidation sites excluding steroid dienone is 4. The van der Waals surface area contributed by atoms with Crippen LogP contribution in [0.1, 0.15) is 56.1 Å². The Labute approximate surface area is 146 Å². The minimum Gasteiger partial charge on any atom is -0.290 e. The van der Waals surface area contributed by atoms with E-state index in [-0.39, 0.29) is 17.4 Å². The minimum absolute atomic E-state index is 0.0569. The summed E-state index contributed by atoms with van der Waals surface area (Å²) < 4.78 is 1.37. The summed E-state index contributed by atoms with van der Waals surface area (Å²) in [5.74, 6) is -0.308.